The Hall–Kier alpha value is -2.67. The van der Waals surface area contributed by atoms with Crippen molar-refractivity contribution in [1.82, 2.24) is 5.32 Å². The number of imide groups is 1. The molecule has 0 aliphatic carbocycles. The molecule has 1 aliphatic rings. The van der Waals surface area contributed by atoms with Gasteiger partial charge < -0.3 is 0 Å². The number of nitrogens with one attached hydrogen (secondary N) is 1. The number of benzene rings is 2. The first-order valence-corrected chi connectivity index (χ1v) is 5.04. The molecule has 0 saturated carbocycles. The zero-order valence-corrected chi connectivity index (χ0v) is 8.65. The topological polar surface area (TPSA) is 70.0 Å². The fourth-order valence-corrected chi connectivity index (χ4v) is 2.13. The molecule has 3 rings (SSSR count). The van der Waals surface area contributed by atoms with Crippen LogP contribution in [0.15, 0.2) is 30.3 Å². The van der Waals surface area contributed by atoms with E-state index in [1.165, 1.54) is 0 Å². The molecule has 0 aromatic heterocycles. The van der Waals surface area contributed by atoms with Gasteiger partial charge in [-0.1, -0.05) is 18.2 Å². The van der Waals surface area contributed by atoms with Gasteiger partial charge >= 0.3 is 0 Å². The van der Waals surface area contributed by atoms with E-state index < -0.39 is 11.8 Å². The number of amides is 2. The maximum Gasteiger partial charge on any atom is 0.260 e. The van der Waals surface area contributed by atoms with Gasteiger partial charge in [0.25, 0.3) is 11.8 Å². The Balaban J connectivity index is 2.59. The van der Waals surface area contributed by atoms with Gasteiger partial charge in [0, 0.05) is 10.9 Å². The van der Waals surface area contributed by atoms with Crippen LogP contribution in [0.5, 0.6) is 0 Å². The number of hydrogen-bond donors (Lipinski definition) is 1. The van der Waals surface area contributed by atoms with Crippen molar-refractivity contribution < 1.29 is 9.59 Å². The monoisotopic (exact) mass is 222 g/mol. The lowest BCUT2D eigenvalue weighted by Crippen LogP contribution is -2.35. The predicted molar refractivity (Wildman–Crippen MR) is 60.5 cm³/mol. The molecule has 4 heteroatoms. The van der Waals surface area contributed by atoms with Crippen LogP contribution in [0.25, 0.3) is 10.8 Å². The summed E-state index contributed by atoms with van der Waals surface area (Å²) in [4.78, 5) is 23.4. The second-order valence-electron chi connectivity index (χ2n) is 3.79. The van der Waals surface area contributed by atoms with Gasteiger partial charge in [-0.3, -0.25) is 14.9 Å². The summed E-state index contributed by atoms with van der Waals surface area (Å²) in [7, 11) is 0. The Morgan fingerprint density at radius 3 is 2.65 bits per heavy atom. The molecule has 0 radical (unpaired) electrons. The van der Waals surface area contributed by atoms with Gasteiger partial charge in [-0.25, -0.2) is 0 Å². The lowest BCUT2D eigenvalue weighted by atomic mass is 9.92. The SMILES string of the molecule is N#Cc1ccc2cccc3c2c1C(=O)NC3=O. The lowest BCUT2D eigenvalue weighted by molar-refractivity contribution is 0.0845. The second-order valence-corrected chi connectivity index (χ2v) is 3.79. The first-order valence-electron chi connectivity index (χ1n) is 5.04. The van der Waals surface area contributed by atoms with Crippen molar-refractivity contribution in [2.24, 2.45) is 0 Å². The van der Waals surface area contributed by atoms with Gasteiger partial charge in [0.1, 0.15) is 0 Å². The van der Waals surface area contributed by atoms with Crippen molar-refractivity contribution in [3.63, 3.8) is 0 Å². The van der Waals surface area contributed by atoms with Gasteiger partial charge in [0.2, 0.25) is 0 Å². The van der Waals surface area contributed by atoms with Crippen molar-refractivity contribution in [3.8, 4) is 6.07 Å². The largest absolute Gasteiger partial charge is 0.288 e. The third kappa shape index (κ3) is 1.16. The highest BCUT2D eigenvalue weighted by atomic mass is 16.2. The summed E-state index contributed by atoms with van der Waals surface area (Å²) in [6.45, 7) is 0. The molecule has 0 atom stereocenters. The summed E-state index contributed by atoms with van der Waals surface area (Å²) in [5, 5.41) is 12.6. The van der Waals surface area contributed by atoms with Crippen LogP contribution < -0.4 is 5.32 Å². The molecule has 2 amide bonds. The van der Waals surface area contributed by atoms with Crippen molar-refractivity contribution in [3.05, 3.63) is 47.0 Å². The number of hydrogen-bond acceptors (Lipinski definition) is 3. The van der Waals surface area contributed by atoms with E-state index in [1.54, 1.807) is 24.3 Å². The van der Waals surface area contributed by atoms with E-state index >= 15 is 0 Å². The summed E-state index contributed by atoms with van der Waals surface area (Å²) >= 11 is 0. The van der Waals surface area contributed by atoms with Gasteiger partial charge in [0.15, 0.2) is 0 Å². The van der Waals surface area contributed by atoms with E-state index in [0.717, 1.165) is 5.39 Å². The molecule has 2 aromatic rings. The highest BCUT2D eigenvalue weighted by molar-refractivity contribution is 6.26. The second kappa shape index (κ2) is 3.16. The van der Waals surface area contributed by atoms with Crippen LogP contribution in [-0.4, -0.2) is 11.8 Å². The van der Waals surface area contributed by atoms with Crippen LogP contribution >= 0.6 is 0 Å². The van der Waals surface area contributed by atoms with Crippen LogP contribution in [0.2, 0.25) is 0 Å². The van der Waals surface area contributed by atoms with E-state index in [2.05, 4.69) is 5.32 Å². The summed E-state index contributed by atoms with van der Waals surface area (Å²) in [5.74, 6) is -0.918. The van der Waals surface area contributed by atoms with Crippen LogP contribution in [0.4, 0.5) is 0 Å². The highest BCUT2D eigenvalue weighted by Crippen LogP contribution is 2.28. The Morgan fingerprint density at radius 1 is 1.06 bits per heavy atom. The van der Waals surface area contributed by atoms with Crippen molar-refractivity contribution in [1.29, 1.82) is 5.26 Å². The highest BCUT2D eigenvalue weighted by Gasteiger charge is 2.26. The average Bonchev–Trinajstić information content (AvgIpc) is 2.35. The quantitative estimate of drug-likeness (QED) is 0.688. The summed E-state index contributed by atoms with van der Waals surface area (Å²) in [6.07, 6.45) is 0. The minimum Gasteiger partial charge on any atom is -0.288 e. The molecular formula is C13H6N2O2. The van der Waals surface area contributed by atoms with Crippen molar-refractivity contribution in [2.75, 3.05) is 0 Å². The predicted octanol–water partition coefficient (Wildman–Crippen LogP) is 1.60. The summed E-state index contributed by atoms with van der Waals surface area (Å²) in [6, 6.07) is 10.5. The van der Waals surface area contributed by atoms with E-state index in [4.69, 9.17) is 5.26 Å². The Morgan fingerprint density at radius 2 is 1.88 bits per heavy atom. The van der Waals surface area contributed by atoms with Crippen molar-refractivity contribution in [2.45, 2.75) is 0 Å². The smallest absolute Gasteiger partial charge is 0.260 e. The Kier molecular flexibility index (Phi) is 1.77. The van der Waals surface area contributed by atoms with Crippen LogP contribution in [-0.2, 0) is 0 Å². The molecule has 4 nitrogen and oxygen atoms in total. The number of carbonyl (C=O) groups excluding carboxylic acids is 2. The molecule has 80 valence electrons. The molecule has 17 heavy (non-hydrogen) atoms. The number of carbonyl (C=O) groups is 2. The Labute approximate surface area is 96.5 Å². The van der Waals surface area contributed by atoms with Crippen molar-refractivity contribution >= 4 is 22.6 Å². The molecule has 1 heterocycles. The number of rotatable bonds is 0. The Bertz CT molecular complexity index is 726. The zero-order valence-electron chi connectivity index (χ0n) is 8.65. The molecule has 0 saturated heterocycles. The number of nitriles is 1. The standard InChI is InChI=1S/C13H6N2O2/c14-6-8-5-4-7-2-1-3-9-10(7)11(8)13(17)15-12(9)16/h1-5H,(H,15,16,17). The fourth-order valence-electron chi connectivity index (χ4n) is 2.13. The van der Waals surface area contributed by atoms with Gasteiger partial charge in [0.05, 0.1) is 17.2 Å². The minimum absolute atomic E-state index is 0.287. The average molecular weight is 222 g/mol. The zero-order chi connectivity index (χ0) is 12.0. The maximum absolute atomic E-state index is 11.8. The molecule has 0 spiro atoms. The molecule has 0 fully saturated rings. The lowest BCUT2D eigenvalue weighted by Gasteiger charge is -2.17. The van der Waals surface area contributed by atoms with Gasteiger partial charge in [-0.2, -0.15) is 5.26 Å². The first kappa shape index (κ1) is 9.55. The molecule has 2 aromatic carbocycles. The van der Waals surface area contributed by atoms with E-state index in [0.29, 0.717) is 16.5 Å². The van der Waals surface area contributed by atoms with Gasteiger partial charge in [-0.05, 0) is 17.5 Å². The first-order chi connectivity index (χ1) is 8.22. The fraction of sp³-hybridized carbons (Fsp3) is 0. The molecule has 0 bridgehead atoms. The number of nitrogens with zero attached hydrogens (tertiary/aromatic N) is 1. The maximum atomic E-state index is 11.8. The van der Waals surface area contributed by atoms with Crippen LogP contribution in [0.1, 0.15) is 26.3 Å². The van der Waals surface area contributed by atoms with E-state index in [-0.39, 0.29) is 5.56 Å². The normalized spacial score (nSPS) is 13.4. The molecule has 1 N–H and O–H groups in total. The van der Waals surface area contributed by atoms with E-state index in [9.17, 15) is 9.59 Å². The van der Waals surface area contributed by atoms with Crippen LogP contribution in [0.3, 0.4) is 0 Å². The summed E-state index contributed by atoms with van der Waals surface area (Å²) < 4.78 is 0. The third-order valence-electron chi connectivity index (χ3n) is 2.86. The van der Waals surface area contributed by atoms with E-state index in [1.807, 2.05) is 12.1 Å². The van der Waals surface area contributed by atoms with Crippen LogP contribution in [0, 0.1) is 11.3 Å². The van der Waals surface area contributed by atoms with Gasteiger partial charge in [-0.15, -0.1) is 0 Å². The third-order valence-corrected chi connectivity index (χ3v) is 2.86. The minimum atomic E-state index is -0.504. The molecule has 1 aliphatic heterocycles. The summed E-state index contributed by atoms with van der Waals surface area (Å²) in [5.41, 5.74) is 1.02. The molecule has 0 unspecified atom stereocenters. The molecular weight excluding hydrogens is 216 g/mol.